The molecule has 1 nitrogen and oxygen atoms in total. The molecule has 2 rings (SSSR count). The predicted molar refractivity (Wildman–Crippen MR) is 61.1 cm³/mol. The lowest BCUT2D eigenvalue weighted by Gasteiger charge is -2.33. The highest BCUT2D eigenvalue weighted by atomic mass is 19.3. The van der Waals surface area contributed by atoms with Crippen molar-refractivity contribution in [2.45, 2.75) is 32.1 Å². The minimum absolute atomic E-state index is 0.203. The molecule has 0 radical (unpaired) electrons. The third-order valence-electron chi connectivity index (χ3n) is 3.28. The standard InChI is InChI=1S/C13H17F2N/c1-9-3-4-11(10(2)7-9)12-5-6-16-8-13(12,14)15/h3-4,7,12,16H,5-6,8H2,1-2H3. The highest BCUT2D eigenvalue weighted by molar-refractivity contribution is 5.34. The Labute approximate surface area is 94.9 Å². The first kappa shape index (κ1) is 11.5. The molecule has 1 saturated heterocycles. The van der Waals surface area contributed by atoms with Gasteiger partial charge in [0.05, 0.1) is 12.5 Å². The number of benzene rings is 1. The van der Waals surface area contributed by atoms with Crippen molar-refractivity contribution < 1.29 is 8.78 Å². The summed E-state index contributed by atoms with van der Waals surface area (Å²) in [4.78, 5) is 0. The van der Waals surface area contributed by atoms with E-state index >= 15 is 0 Å². The average molecular weight is 225 g/mol. The van der Waals surface area contributed by atoms with Crippen molar-refractivity contribution in [1.82, 2.24) is 5.32 Å². The molecule has 0 bridgehead atoms. The van der Waals surface area contributed by atoms with Gasteiger partial charge in [0, 0.05) is 0 Å². The van der Waals surface area contributed by atoms with Gasteiger partial charge in [-0.1, -0.05) is 23.8 Å². The Morgan fingerprint density at radius 2 is 2.06 bits per heavy atom. The third-order valence-corrected chi connectivity index (χ3v) is 3.28. The van der Waals surface area contributed by atoms with Crippen LogP contribution in [0.4, 0.5) is 8.78 Å². The van der Waals surface area contributed by atoms with E-state index in [2.05, 4.69) is 5.32 Å². The van der Waals surface area contributed by atoms with Crippen molar-refractivity contribution in [3.63, 3.8) is 0 Å². The van der Waals surface area contributed by atoms with Gasteiger partial charge in [0.1, 0.15) is 0 Å². The second kappa shape index (κ2) is 4.13. The van der Waals surface area contributed by atoms with Crippen LogP contribution in [-0.2, 0) is 0 Å². The SMILES string of the molecule is Cc1ccc(C2CCNCC2(F)F)c(C)c1. The number of piperidine rings is 1. The maximum Gasteiger partial charge on any atom is 0.267 e. The Kier molecular flexibility index (Phi) is 2.98. The van der Waals surface area contributed by atoms with E-state index < -0.39 is 11.8 Å². The molecule has 0 spiro atoms. The van der Waals surface area contributed by atoms with E-state index in [0.717, 1.165) is 16.7 Å². The minimum atomic E-state index is -2.63. The molecule has 1 aliphatic heterocycles. The zero-order valence-corrected chi connectivity index (χ0v) is 9.69. The lowest BCUT2D eigenvalue weighted by Crippen LogP contribution is -2.44. The Hall–Kier alpha value is -0.960. The molecule has 1 aromatic carbocycles. The molecule has 1 aliphatic rings. The van der Waals surface area contributed by atoms with Gasteiger partial charge in [-0.2, -0.15) is 0 Å². The summed E-state index contributed by atoms with van der Waals surface area (Å²) in [5.41, 5.74) is 2.90. The first-order valence-electron chi connectivity index (χ1n) is 5.66. The summed E-state index contributed by atoms with van der Waals surface area (Å²) in [6, 6.07) is 5.75. The Morgan fingerprint density at radius 3 is 2.69 bits per heavy atom. The Balaban J connectivity index is 2.35. The van der Waals surface area contributed by atoms with Crippen LogP contribution >= 0.6 is 0 Å². The Morgan fingerprint density at radius 1 is 1.31 bits per heavy atom. The molecule has 1 aromatic rings. The van der Waals surface area contributed by atoms with Crippen molar-refractivity contribution in [1.29, 1.82) is 0 Å². The minimum Gasteiger partial charge on any atom is -0.311 e. The fourth-order valence-electron chi connectivity index (χ4n) is 2.44. The van der Waals surface area contributed by atoms with Crippen LogP contribution in [0.1, 0.15) is 29.0 Å². The van der Waals surface area contributed by atoms with Crippen molar-refractivity contribution in [2.24, 2.45) is 0 Å². The number of hydrogen-bond donors (Lipinski definition) is 1. The zero-order chi connectivity index (χ0) is 11.8. The van der Waals surface area contributed by atoms with Crippen LogP contribution in [0.3, 0.4) is 0 Å². The molecular formula is C13H17F2N. The van der Waals surface area contributed by atoms with Crippen LogP contribution in [0.15, 0.2) is 18.2 Å². The van der Waals surface area contributed by atoms with Gasteiger partial charge in [-0.15, -0.1) is 0 Å². The molecule has 1 fully saturated rings. The van der Waals surface area contributed by atoms with Crippen LogP contribution in [0.25, 0.3) is 0 Å². The maximum absolute atomic E-state index is 13.8. The number of halogens is 2. The largest absolute Gasteiger partial charge is 0.311 e. The smallest absolute Gasteiger partial charge is 0.267 e. The summed E-state index contributed by atoms with van der Waals surface area (Å²) in [7, 11) is 0. The summed E-state index contributed by atoms with van der Waals surface area (Å²) in [5, 5.41) is 2.76. The number of aryl methyl sites for hydroxylation is 2. The highest BCUT2D eigenvalue weighted by Gasteiger charge is 2.42. The van der Waals surface area contributed by atoms with E-state index in [0.29, 0.717) is 13.0 Å². The first-order valence-corrected chi connectivity index (χ1v) is 5.66. The van der Waals surface area contributed by atoms with Crippen molar-refractivity contribution >= 4 is 0 Å². The summed E-state index contributed by atoms with van der Waals surface area (Å²) < 4.78 is 27.5. The molecule has 88 valence electrons. The van der Waals surface area contributed by atoms with E-state index in [1.54, 1.807) is 0 Å². The van der Waals surface area contributed by atoms with Crippen molar-refractivity contribution in [3.8, 4) is 0 Å². The van der Waals surface area contributed by atoms with E-state index in [1.165, 1.54) is 0 Å². The molecule has 0 aromatic heterocycles. The van der Waals surface area contributed by atoms with Gasteiger partial charge in [0.25, 0.3) is 5.92 Å². The first-order chi connectivity index (χ1) is 7.50. The van der Waals surface area contributed by atoms with E-state index in [1.807, 2.05) is 32.0 Å². The molecule has 0 aliphatic carbocycles. The molecule has 0 amide bonds. The average Bonchev–Trinajstić information content (AvgIpc) is 2.19. The van der Waals surface area contributed by atoms with Crippen LogP contribution < -0.4 is 5.32 Å². The topological polar surface area (TPSA) is 12.0 Å². The fraction of sp³-hybridized carbons (Fsp3) is 0.538. The normalized spacial score (nSPS) is 24.4. The molecule has 1 N–H and O–H groups in total. The summed E-state index contributed by atoms with van der Waals surface area (Å²) in [6.07, 6.45) is 0.511. The van der Waals surface area contributed by atoms with E-state index in [-0.39, 0.29) is 6.54 Å². The molecule has 1 heterocycles. The number of rotatable bonds is 1. The van der Waals surface area contributed by atoms with Crippen LogP contribution in [0, 0.1) is 13.8 Å². The Bertz CT molecular complexity index is 388. The number of alkyl halides is 2. The molecule has 0 saturated carbocycles. The van der Waals surface area contributed by atoms with Gasteiger partial charge < -0.3 is 5.32 Å². The van der Waals surface area contributed by atoms with E-state index in [4.69, 9.17) is 0 Å². The molecule has 1 unspecified atom stereocenters. The van der Waals surface area contributed by atoms with Crippen molar-refractivity contribution in [3.05, 3.63) is 34.9 Å². The second-order valence-electron chi connectivity index (χ2n) is 4.64. The molecule has 1 atom stereocenters. The van der Waals surface area contributed by atoms with Gasteiger partial charge in [-0.05, 0) is 37.9 Å². The van der Waals surface area contributed by atoms with Gasteiger partial charge in [0.2, 0.25) is 0 Å². The quantitative estimate of drug-likeness (QED) is 0.774. The van der Waals surface area contributed by atoms with Gasteiger partial charge >= 0.3 is 0 Å². The van der Waals surface area contributed by atoms with E-state index in [9.17, 15) is 8.78 Å². The summed E-state index contributed by atoms with van der Waals surface area (Å²) in [5.74, 6) is -3.26. The second-order valence-corrected chi connectivity index (χ2v) is 4.64. The van der Waals surface area contributed by atoms with Crippen LogP contribution in [-0.4, -0.2) is 19.0 Å². The maximum atomic E-state index is 13.8. The van der Waals surface area contributed by atoms with Crippen LogP contribution in [0.5, 0.6) is 0 Å². The highest BCUT2D eigenvalue weighted by Crippen LogP contribution is 2.39. The van der Waals surface area contributed by atoms with Gasteiger partial charge in [-0.3, -0.25) is 0 Å². The summed E-state index contributed by atoms with van der Waals surface area (Å²) in [6.45, 7) is 4.37. The zero-order valence-electron chi connectivity index (χ0n) is 9.69. The van der Waals surface area contributed by atoms with Crippen LogP contribution in [0.2, 0.25) is 0 Å². The van der Waals surface area contributed by atoms with Crippen molar-refractivity contribution in [2.75, 3.05) is 13.1 Å². The van der Waals surface area contributed by atoms with Gasteiger partial charge in [0.15, 0.2) is 0 Å². The fourth-order valence-corrected chi connectivity index (χ4v) is 2.44. The molecule has 16 heavy (non-hydrogen) atoms. The number of nitrogens with one attached hydrogen (secondary N) is 1. The number of hydrogen-bond acceptors (Lipinski definition) is 1. The monoisotopic (exact) mass is 225 g/mol. The lowest BCUT2D eigenvalue weighted by atomic mass is 9.84. The van der Waals surface area contributed by atoms with Gasteiger partial charge in [-0.25, -0.2) is 8.78 Å². The summed E-state index contributed by atoms with van der Waals surface area (Å²) >= 11 is 0. The third kappa shape index (κ3) is 2.09. The molecular weight excluding hydrogens is 208 g/mol. The predicted octanol–water partition coefficient (Wildman–Crippen LogP) is 3.02. The molecule has 3 heteroatoms. The lowest BCUT2D eigenvalue weighted by molar-refractivity contribution is -0.0422.